The number of carbonyl (C=O) groups excluding carboxylic acids is 2. The van der Waals surface area contributed by atoms with Crippen LogP contribution < -0.4 is 5.73 Å². The normalized spacial score (nSPS) is 23.5. The molecule has 2 N–H and O–H groups in total. The summed E-state index contributed by atoms with van der Waals surface area (Å²) in [4.78, 5) is 28.3. The fourth-order valence-corrected chi connectivity index (χ4v) is 3.75. The zero-order valence-corrected chi connectivity index (χ0v) is 15.6. The molecule has 2 fully saturated rings. The first kappa shape index (κ1) is 19.7. The summed E-state index contributed by atoms with van der Waals surface area (Å²) >= 11 is 0. The maximum atomic E-state index is 12.8. The minimum absolute atomic E-state index is 0. The van der Waals surface area contributed by atoms with Crippen LogP contribution in [0.5, 0.6) is 0 Å². The van der Waals surface area contributed by atoms with Crippen LogP contribution in [0.15, 0.2) is 24.3 Å². The van der Waals surface area contributed by atoms with Gasteiger partial charge in [0.2, 0.25) is 5.91 Å². The Morgan fingerprint density at radius 2 is 1.96 bits per heavy atom. The fourth-order valence-electron chi connectivity index (χ4n) is 3.75. The third kappa shape index (κ3) is 4.53. The van der Waals surface area contributed by atoms with Crippen LogP contribution in [0.25, 0.3) is 0 Å². The monoisotopic (exact) mass is 365 g/mol. The van der Waals surface area contributed by atoms with Crippen LogP contribution in [0.4, 0.5) is 0 Å². The van der Waals surface area contributed by atoms with E-state index in [9.17, 15) is 9.59 Å². The number of hydrogen-bond acceptors (Lipinski definition) is 3. The molecule has 2 amide bonds. The number of amides is 2. The van der Waals surface area contributed by atoms with Gasteiger partial charge >= 0.3 is 0 Å². The summed E-state index contributed by atoms with van der Waals surface area (Å²) in [5, 5.41) is 0. The van der Waals surface area contributed by atoms with Gasteiger partial charge in [-0.1, -0.05) is 19.1 Å². The predicted octanol–water partition coefficient (Wildman–Crippen LogP) is 2.43. The first-order chi connectivity index (χ1) is 11.6. The standard InChI is InChI=1S/C19H27N3O2.ClH/c1-14-8-10-22(17(11-14)12-20)19(24)16-6-4-15(5-7-16)13-21-9-2-3-18(21)23;/h4-7,14,17H,2-3,8-13,20H2,1H3;1H. The van der Waals surface area contributed by atoms with Gasteiger partial charge < -0.3 is 15.5 Å². The van der Waals surface area contributed by atoms with Crippen molar-refractivity contribution >= 4 is 24.2 Å². The van der Waals surface area contributed by atoms with E-state index in [2.05, 4.69) is 6.92 Å². The average molecular weight is 366 g/mol. The van der Waals surface area contributed by atoms with Gasteiger partial charge in [-0.2, -0.15) is 0 Å². The SMILES string of the molecule is CC1CCN(C(=O)c2ccc(CN3CCCC3=O)cc2)C(CN)C1.Cl. The Morgan fingerprint density at radius 3 is 2.56 bits per heavy atom. The van der Waals surface area contributed by atoms with Crippen LogP contribution in [0.1, 0.15) is 48.5 Å². The molecule has 0 aliphatic carbocycles. The van der Waals surface area contributed by atoms with Crippen molar-refractivity contribution in [3.05, 3.63) is 35.4 Å². The summed E-state index contributed by atoms with van der Waals surface area (Å²) in [6.45, 7) is 5.00. The molecule has 6 heteroatoms. The molecule has 2 atom stereocenters. The Hall–Kier alpha value is -1.59. The van der Waals surface area contributed by atoms with Gasteiger partial charge in [0.15, 0.2) is 0 Å². The second kappa shape index (κ2) is 8.68. The van der Waals surface area contributed by atoms with Crippen molar-refractivity contribution in [3.8, 4) is 0 Å². The summed E-state index contributed by atoms with van der Waals surface area (Å²) in [6, 6.07) is 7.82. The molecule has 5 nitrogen and oxygen atoms in total. The average Bonchev–Trinajstić information content (AvgIpc) is 2.99. The lowest BCUT2D eigenvalue weighted by atomic mass is 9.92. The molecule has 3 rings (SSSR count). The Labute approximate surface area is 155 Å². The molecular weight excluding hydrogens is 338 g/mol. The highest BCUT2D eigenvalue weighted by atomic mass is 35.5. The first-order valence-electron chi connectivity index (χ1n) is 8.96. The smallest absolute Gasteiger partial charge is 0.254 e. The number of piperidine rings is 1. The van der Waals surface area contributed by atoms with Crippen molar-refractivity contribution in [2.75, 3.05) is 19.6 Å². The van der Waals surface area contributed by atoms with Crippen LogP contribution in [0, 0.1) is 5.92 Å². The van der Waals surface area contributed by atoms with Crippen LogP contribution >= 0.6 is 12.4 Å². The topological polar surface area (TPSA) is 66.6 Å². The van der Waals surface area contributed by atoms with Crippen molar-refractivity contribution < 1.29 is 9.59 Å². The minimum Gasteiger partial charge on any atom is -0.338 e. The molecule has 2 unspecified atom stereocenters. The number of carbonyl (C=O) groups is 2. The first-order valence-corrected chi connectivity index (χ1v) is 8.96. The van der Waals surface area contributed by atoms with E-state index in [1.807, 2.05) is 34.1 Å². The second-order valence-electron chi connectivity index (χ2n) is 7.13. The van der Waals surface area contributed by atoms with Gasteiger partial charge in [-0.15, -0.1) is 12.4 Å². The number of rotatable bonds is 4. The Kier molecular flexibility index (Phi) is 6.85. The molecule has 2 saturated heterocycles. The lowest BCUT2D eigenvalue weighted by Gasteiger charge is -2.38. The zero-order valence-electron chi connectivity index (χ0n) is 14.8. The van der Waals surface area contributed by atoms with Crippen molar-refractivity contribution in [3.63, 3.8) is 0 Å². The number of halogens is 1. The number of benzene rings is 1. The summed E-state index contributed by atoms with van der Waals surface area (Å²) < 4.78 is 0. The Balaban J connectivity index is 0.00000225. The molecule has 1 aromatic carbocycles. The Morgan fingerprint density at radius 1 is 1.24 bits per heavy atom. The molecular formula is C19H28ClN3O2. The summed E-state index contributed by atoms with van der Waals surface area (Å²) in [6.07, 6.45) is 3.63. The number of likely N-dealkylation sites (tertiary alicyclic amines) is 2. The highest BCUT2D eigenvalue weighted by Crippen LogP contribution is 2.24. The van der Waals surface area contributed by atoms with E-state index in [0.717, 1.165) is 37.9 Å². The largest absolute Gasteiger partial charge is 0.338 e. The molecule has 0 bridgehead atoms. The highest BCUT2D eigenvalue weighted by Gasteiger charge is 2.29. The van der Waals surface area contributed by atoms with E-state index in [1.54, 1.807) is 0 Å². The van der Waals surface area contributed by atoms with Crippen molar-refractivity contribution in [2.45, 2.75) is 45.2 Å². The van der Waals surface area contributed by atoms with Gasteiger partial charge in [-0.05, 0) is 42.9 Å². The molecule has 25 heavy (non-hydrogen) atoms. The number of nitrogens with two attached hydrogens (primary N) is 1. The van der Waals surface area contributed by atoms with Crippen molar-refractivity contribution in [1.29, 1.82) is 0 Å². The summed E-state index contributed by atoms with van der Waals surface area (Å²) in [5.74, 6) is 0.924. The lowest BCUT2D eigenvalue weighted by Crippen LogP contribution is -2.49. The zero-order chi connectivity index (χ0) is 17.1. The van der Waals surface area contributed by atoms with Crippen molar-refractivity contribution in [2.24, 2.45) is 11.7 Å². The van der Waals surface area contributed by atoms with E-state index in [-0.39, 0.29) is 30.3 Å². The summed E-state index contributed by atoms with van der Waals surface area (Å²) in [5.41, 5.74) is 7.65. The third-order valence-electron chi connectivity index (χ3n) is 5.26. The van der Waals surface area contributed by atoms with Gasteiger partial charge in [0, 0.05) is 44.2 Å². The fraction of sp³-hybridized carbons (Fsp3) is 0.579. The Bertz CT molecular complexity index is 605. The predicted molar refractivity (Wildman–Crippen MR) is 101 cm³/mol. The van der Waals surface area contributed by atoms with Gasteiger partial charge in [-0.25, -0.2) is 0 Å². The summed E-state index contributed by atoms with van der Waals surface area (Å²) in [7, 11) is 0. The molecule has 0 spiro atoms. The van der Waals surface area contributed by atoms with Crippen molar-refractivity contribution in [1.82, 2.24) is 9.80 Å². The van der Waals surface area contributed by atoms with E-state index in [0.29, 0.717) is 31.0 Å². The molecule has 0 radical (unpaired) electrons. The molecule has 0 saturated carbocycles. The van der Waals surface area contributed by atoms with E-state index >= 15 is 0 Å². The van der Waals surface area contributed by atoms with Crippen LogP contribution in [-0.2, 0) is 11.3 Å². The van der Waals surface area contributed by atoms with Crippen LogP contribution in [0.2, 0.25) is 0 Å². The number of nitrogens with zero attached hydrogens (tertiary/aromatic N) is 2. The molecule has 2 aliphatic rings. The number of hydrogen-bond donors (Lipinski definition) is 1. The van der Waals surface area contributed by atoms with Gasteiger partial charge in [0.05, 0.1) is 0 Å². The highest BCUT2D eigenvalue weighted by molar-refractivity contribution is 5.94. The van der Waals surface area contributed by atoms with Crippen LogP contribution in [0.3, 0.4) is 0 Å². The lowest BCUT2D eigenvalue weighted by molar-refractivity contribution is -0.128. The van der Waals surface area contributed by atoms with E-state index in [1.165, 1.54) is 0 Å². The van der Waals surface area contributed by atoms with Gasteiger partial charge in [0.1, 0.15) is 0 Å². The maximum absolute atomic E-state index is 12.8. The molecule has 138 valence electrons. The minimum atomic E-state index is 0. The van der Waals surface area contributed by atoms with E-state index < -0.39 is 0 Å². The van der Waals surface area contributed by atoms with Gasteiger partial charge in [-0.3, -0.25) is 9.59 Å². The molecule has 1 aromatic rings. The molecule has 2 heterocycles. The maximum Gasteiger partial charge on any atom is 0.254 e. The van der Waals surface area contributed by atoms with Gasteiger partial charge in [0.25, 0.3) is 5.91 Å². The quantitative estimate of drug-likeness (QED) is 0.891. The third-order valence-corrected chi connectivity index (χ3v) is 5.26. The van der Waals surface area contributed by atoms with E-state index in [4.69, 9.17) is 5.73 Å². The molecule has 2 aliphatic heterocycles. The second-order valence-corrected chi connectivity index (χ2v) is 7.13. The molecule has 0 aromatic heterocycles. The van der Waals surface area contributed by atoms with Crippen LogP contribution in [-0.4, -0.2) is 47.3 Å².